The van der Waals surface area contributed by atoms with Crippen molar-refractivity contribution < 1.29 is 57.5 Å². The van der Waals surface area contributed by atoms with Gasteiger partial charge in [0.1, 0.15) is 35.8 Å². The first kappa shape index (κ1) is 51.0. The molecule has 3 N–H and O–H groups in total. The van der Waals surface area contributed by atoms with E-state index < -0.39 is 108 Å². The van der Waals surface area contributed by atoms with E-state index in [-0.39, 0.29) is 31.3 Å². The zero-order valence-corrected chi connectivity index (χ0v) is 39.8. The summed E-state index contributed by atoms with van der Waals surface area (Å²) in [7, 11) is 3.67. The largest absolute Gasteiger partial charge is 0.461 e. The Bertz CT molecular complexity index is 2000. The SMILES string of the molecule is CC[C@H]1OC(=O)[C@H](C)[C@@H](OC(=O)C(C)C)[C@H](C)[C@@H](OC2O[C@H](C)C[C@H](N(C)C)[C@H]2O)[C@](C)(OC(=O)NC/C=C/c2ccc(-c3cnccn3)cc2)C[C@@H](C)C(=O)[C@H](C)[C@H]2NC(=O)O[C@@]21C. The van der Waals surface area contributed by atoms with Gasteiger partial charge in [-0.2, -0.15) is 0 Å². The molecule has 2 aromatic rings. The van der Waals surface area contributed by atoms with E-state index in [0.29, 0.717) is 6.42 Å². The van der Waals surface area contributed by atoms with Gasteiger partial charge in [-0.1, -0.05) is 78.0 Å². The van der Waals surface area contributed by atoms with Crippen LogP contribution < -0.4 is 10.6 Å². The van der Waals surface area contributed by atoms with Gasteiger partial charge in [0.25, 0.3) is 0 Å². The highest BCUT2D eigenvalue weighted by atomic mass is 16.7. The van der Waals surface area contributed by atoms with Crippen LogP contribution in [0.5, 0.6) is 0 Å². The molecule has 0 spiro atoms. The molecule has 0 radical (unpaired) electrons. The number of hydrogen-bond acceptors (Lipinski definition) is 15. The number of hydrogen-bond donors (Lipinski definition) is 3. The molecule has 1 aromatic heterocycles. The number of aromatic nitrogens is 2. The normalized spacial score (nSPS) is 34.8. The highest BCUT2D eigenvalue weighted by Crippen LogP contribution is 2.42. The summed E-state index contributed by atoms with van der Waals surface area (Å²) in [5, 5.41) is 17.4. The molecule has 1 aromatic carbocycles. The van der Waals surface area contributed by atoms with Gasteiger partial charge in [0.15, 0.2) is 11.9 Å². The first-order chi connectivity index (χ1) is 30.6. The Morgan fingerprint density at radius 3 is 2.35 bits per heavy atom. The number of ether oxygens (including phenoxy) is 6. The molecule has 3 aliphatic heterocycles. The number of carbonyl (C=O) groups excluding carboxylic acids is 5. The van der Waals surface area contributed by atoms with Gasteiger partial charge in [0, 0.05) is 48.3 Å². The smallest absolute Gasteiger partial charge is 0.408 e. The summed E-state index contributed by atoms with van der Waals surface area (Å²) < 4.78 is 37.7. The maximum Gasteiger partial charge on any atom is 0.408 e. The zero-order chi connectivity index (χ0) is 48.0. The molecular weight excluding hydrogens is 839 g/mol. The van der Waals surface area contributed by atoms with Crippen molar-refractivity contribution in [1.29, 1.82) is 0 Å². The highest BCUT2D eigenvalue weighted by molar-refractivity contribution is 5.85. The number of benzene rings is 1. The lowest BCUT2D eigenvalue weighted by atomic mass is 9.73. The highest BCUT2D eigenvalue weighted by Gasteiger charge is 2.58. The lowest BCUT2D eigenvalue weighted by Gasteiger charge is -2.48. The average molecular weight is 908 g/mol. The number of aliphatic hydroxyl groups is 1. The molecule has 5 rings (SSSR count). The fraction of sp³-hybridized carbons (Fsp3) is 0.646. The van der Waals surface area contributed by atoms with Crippen LogP contribution in [0.15, 0.2) is 48.9 Å². The van der Waals surface area contributed by atoms with Crippen LogP contribution in [0.3, 0.4) is 0 Å². The van der Waals surface area contributed by atoms with Crippen molar-refractivity contribution >= 4 is 36.0 Å². The van der Waals surface area contributed by atoms with Gasteiger partial charge in [-0.25, -0.2) is 9.59 Å². The van der Waals surface area contributed by atoms with Crippen LogP contribution in [0, 0.1) is 29.6 Å². The molecule has 358 valence electrons. The van der Waals surface area contributed by atoms with Crippen LogP contribution in [0.2, 0.25) is 0 Å². The van der Waals surface area contributed by atoms with Gasteiger partial charge in [-0.3, -0.25) is 24.4 Å². The number of ketones is 1. The molecule has 0 aliphatic carbocycles. The van der Waals surface area contributed by atoms with E-state index in [2.05, 4.69) is 20.6 Å². The second-order valence-corrected chi connectivity index (χ2v) is 18.9. The number of nitrogens with one attached hydrogen (secondary N) is 2. The average Bonchev–Trinajstić information content (AvgIpc) is 3.58. The third-order valence-electron chi connectivity index (χ3n) is 13.1. The second-order valence-electron chi connectivity index (χ2n) is 18.9. The molecule has 17 nitrogen and oxygen atoms in total. The molecule has 0 bridgehead atoms. The minimum Gasteiger partial charge on any atom is -0.461 e. The maximum absolute atomic E-state index is 14.6. The van der Waals surface area contributed by atoms with Crippen molar-refractivity contribution in [2.75, 3.05) is 20.6 Å². The molecule has 3 fully saturated rings. The third kappa shape index (κ3) is 11.9. The predicted molar refractivity (Wildman–Crippen MR) is 240 cm³/mol. The van der Waals surface area contributed by atoms with Crippen LogP contribution in [-0.2, 0) is 42.8 Å². The quantitative estimate of drug-likeness (QED) is 0.182. The number of carbonyl (C=O) groups is 5. The van der Waals surface area contributed by atoms with Gasteiger partial charge in [0.2, 0.25) is 0 Å². The Balaban J connectivity index is 1.56. The number of amides is 2. The summed E-state index contributed by atoms with van der Waals surface area (Å²) in [5.74, 6) is -6.13. The molecule has 2 amide bonds. The van der Waals surface area contributed by atoms with E-state index in [0.717, 1.165) is 16.8 Å². The number of esters is 2. The molecule has 3 aliphatic rings. The third-order valence-corrected chi connectivity index (χ3v) is 13.1. The van der Waals surface area contributed by atoms with E-state index in [1.807, 2.05) is 56.3 Å². The lowest BCUT2D eigenvalue weighted by molar-refractivity contribution is -0.298. The van der Waals surface area contributed by atoms with Gasteiger partial charge in [-0.15, -0.1) is 0 Å². The summed E-state index contributed by atoms with van der Waals surface area (Å²) in [5.41, 5.74) is -0.699. The second kappa shape index (κ2) is 21.6. The number of likely N-dealkylation sites (N-methyl/N-ethyl adjacent to an activating group) is 1. The monoisotopic (exact) mass is 907 g/mol. The molecule has 17 heteroatoms. The number of nitrogens with zero attached hydrogens (tertiary/aromatic N) is 3. The number of aliphatic hydroxyl groups excluding tert-OH is 1. The van der Waals surface area contributed by atoms with Crippen LogP contribution in [0.1, 0.15) is 94.1 Å². The number of cyclic esters (lactones) is 1. The molecular formula is C48H69N5O12. The summed E-state index contributed by atoms with van der Waals surface area (Å²) >= 11 is 0. The molecule has 4 heterocycles. The lowest BCUT2D eigenvalue weighted by Crippen LogP contribution is -2.61. The Hall–Kier alpha value is -4.97. The topological polar surface area (TPSA) is 214 Å². The van der Waals surface area contributed by atoms with Crippen molar-refractivity contribution in [3.05, 3.63) is 54.5 Å². The van der Waals surface area contributed by atoms with E-state index in [1.54, 1.807) is 87.0 Å². The summed E-state index contributed by atoms with van der Waals surface area (Å²) in [4.78, 5) is 80.0. The van der Waals surface area contributed by atoms with Crippen LogP contribution in [-0.4, -0.2) is 131 Å². The van der Waals surface area contributed by atoms with Crippen molar-refractivity contribution in [2.24, 2.45) is 29.6 Å². The first-order valence-corrected chi connectivity index (χ1v) is 22.7. The molecule has 65 heavy (non-hydrogen) atoms. The van der Waals surface area contributed by atoms with Crippen molar-refractivity contribution in [2.45, 2.75) is 149 Å². The predicted octanol–water partition coefficient (Wildman–Crippen LogP) is 5.73. The minimum atomic E-state index is -1.74. The minimum absolute atomic E-state index is 0.0515. The van der Waals surface area contributed by atoms with Gasteiger partial charge in [-0.05, 0) is 66.6 Å². The Morgan fingerprint density at radius 2 is 1.74 bits per heavy atom. The summed E-state index contributed by atoms with van der Waals surface area (Å²) in [6.45, 7) is 16.9. The molecule has 1 unspecified atom stereocenters. The van der Waals surface area contributed by atoms with E-state index in [4.69, 9.17) is 28.4 Å². The summed E-state index contributed by atoms with van der Waals surface area (Å²) in [6.07, 6.45) is 1.06. The Morgan fingerprint density at radius 1 is 1.05 bits per heavy atom. The van der Waals surface area contributed by atoms with Gasteiger partial charge >= 0.3 is 24.1 Å². The van der Waals surface area contributed by atoms with Crippen molar-refractivity contribution in [3.63, 3.8) is 0 Å². The number of alkyl carbamates (subject to hydrolysis) is 2. The fourth-order valence-corrected chi connectivity index (χ4v) is 9.50. The maximum atomic E-state index is 14.6. The van der Waals surface area contributed by atoms with E-state index >= 15 is 0 Å². The Kier molecular flexibility index (Phi) is 16.9. The zero-order valence-electron chi connectivity index (χ0n) is 39.8. The number of fused-ring (bicyclic) bond motifs is 1. The number of Topliss-reactive ketones (excluding diaryl/α,β-unsaturated/α-hetero) is 1. The van der Waals surface area contributed by atoms with Gasteiger partial charge in [0.05, 0.1) is 35.9 Å². The molecule has 3 saturated heterocycles. The fourth-order valence-electron chi connectivity index (χ4n) is 9.50. The van der Waals surface area contributed by atoms with Crippen LogP contribution in [0.4, 0.5) is 9.59 Å². The van der Waals surface area contributed by atoms with Crippen molar-refractivity contribution in [3.8, 4) is 11.3 Å². The number of rotatable bonds is 11. The Labute approximate surface area is 382 Å². The van der Waals surface area contributed by atoms with E-state index in [1.165, 1.54) is 0 Å². The summed E-state index contributed by atoms with van der Waals surface area (Å²) in [6, 6.07) is 6.35. The van der Waals surface area contributed by atoms with Crippen LogP contribution in [0.25, 0.3) is 17.3 Å². The van der Waals surface area contributed by atoms with Gasteiger partial charge < -0.3 is 49.1 Å². The van der Waals surface area contributed by atoms with E-state index in [9.17, 15) is 29.1 Å². The molecule has 14 atom stereocenters. The first-order valence-electron chi connectivity index (χ1n) is 22.7. The standard InChI is InChI=1S/C48H69N5O12/c1-13-36-48(10)40(52-46(59)65-48)29(6)37(54)27(4)24-47(9,64-45(58)51-20-14-15-32-16-18-33(19-17-32)34-25-49-21-22-50-34)41(63-44-38(55)35(53(11)12)23-28(5)60-44)30(7)39(31(8)43(57)61-36)62-42(56)26(2)3/h14-19,21-22,25-31,35-36,38-41,44,55H,13,20,23-24H2,1-12H3,(H,51,58)(H,52,59)/b15-14+/t27-,28-,29+,30+,31-,35+,36-,38-,39+,40-,41-,44?,47-,48-/m1/s1. The van der Waals surface area contributed by atoms with Crippen LogP contribution >= 0.6 is 0 Å². The molecule has 0 saturated carbocycles. The van der Waals surface area contributed by atoms with Crippen molar-refractivity contribution in [1.82, 2.24) is 25.5 Å².